The summed E-state index contributed by atoms with van der Waals surface area (Å²) in [5, 5.41) is 9.86. The second-order valence-corrected chi connectivity index (χ2v) is 3.02. The van der Waals surface area contributed by atoms with Gasteiger partial charge in [0.15, 0.2) is 0 Å². The fraction of sp³-hybridized carbons (Fsp3) is 1.00. The molecule has 0 bridgehead atoms. The molecule has 0 fully saturated rings. The van der Waals surface area contributed by atoms with Crippen LogP contribution in [0.3, 0.4) is 0 Å². The first kappa shape index (κ1) is 10.4. The molecule has 1 unspecified atom stereocenters. The van der Waals surface area contributed by atoms with Gasteiger partial charge in [-0.3, -0.25) is 5.01 Å². The molecule has 0 aliphatic rings. The summed E-state index contributed by atoms with van der Waals surface area (Å²) in [6, 6.07) is 0.923. The molecule has 0 aromatic heterocycles. The van der Waals surface area contributed by atoms with Crippen molar-refractivity contribution in [3.8, 4) is 0 Å². The molecule has 0 spiro atoms. The molecular formula is C8H19N3. The van der Waals surface area contributed by atoms with Crippen molar-refractivity contribution < 1.29 is 0 Å². The van der Waals surface area contributed by atoms with Gasteiger partial charge in [-0.25, -0.2) is 0 Å². The van der Waals surface area contributed by atoms with E-state index < -0.39 is 0 Å². The summed E-state index contributed by atoms with van der Waals surface area (Å²) in [6.45, 7) is 8.57. The lowest BCUT2D eigenvalue weighted by Crippen LogP contribution is -2.33. The Kier molecular flexibility index (Phi) is 4.83. The van der Waals surface area contributed by atoms with Gasteiger partial charge >= 0.3 is 0 Å². The van der Waals surface area contributed by atoms with Gasteiger partial charge < -0.3 is 0 Å². The molecule has 0 aliphatic carbocycles. The maximum absolute atomic E-state index is 4.05. The number of rotatable bonds is 4. The standard InChI is InChI=1S/C8H19N3/c1-6-8(4)11(7(2)3)10-9-5/h7-8H,6H2,1-5H3/b10-9-. The molecule has 3 nitrogen and oxygen atoms in total. The lowest BCUT2D eigenvalue weighted by molar-refractivity contribution is 0.153. The Hall–Kier alpha value is -0.600. The number of hydrogen-bond donors (Lipinski definition) is 0. The molecule has 11 heavy (non-hydrogen) atoms. The van der Waals surface area contributed by atoms with Gasteiger partial charge in [-0.15, -0.1) is 0 Å². The van der Waals surface area contributed by atoms with Crippen LogP contribution in [0.2, 0.25) is 0 Å². The van der Waals surface area contributed by atoms with E-state index in [1.807, 2.05) is 5.01 Å². The molecule has 0 aliphatic heterocycles. The first-order chi connectivity index (χ1) is 5.13. The van der Waals surface area contributed by atoms with Crippen molar-refractivity contribution in [1.82, 2.24) is 5.01 Å². The van der Waals surface area contributed by atoms with Gasteiger partial charge in [-0.05, 0) is 27.2 Å². The van der Waals surface area contributed by atoms with Crippen LogP contribution in [0.5, 0.6) is 0 Å². The van der Waals surface area contributed by atoms with Crippen LogP contribution in [0.15, 0.2) is 10.3 Å². The van der Waals surface area contributed by atoms with Crippen molar-refractivity contribution in [3.63, 3.8) is 0 Å². The summed E-state index contributed by atoms with van der Waals surface area (Å²) in [5.74, 6) is 0. The normalized spacial score (nSPS) is 14.4. The molecule has 0 rings (SSSR count). The molecule has 0 N–H and O–H groups in total. The Balaban J connectivity index is 4.09. The average molecular weight is 157 g/mol. The fourth-order valence-corrected chi connectivity index (χ4v) is 0.991. The molecule has 0 aromatic rings. The average Bonchev–Trinajstić information content (AvgIpc) is 1.98. The second kappa shape index (κ2) is 5.10. The number of hydrogen-bond acceptors (Lipinski definition) is 2. The van der Waals surface area contributed by atoms with Gasteiger partial charge in [-0.1, -0.05) is 12.1 Å². The van der Waals surface area contributed by atoms with Crippen LogP contribution in [0.1, 0.15) is 34.1 Å². The van der Waals surface area contributed by atoms with Gasteiger partial charge in [-0.2, -0.15) is 5.11 Å². The lowest BCUT2D eigenvalue weighted by Gasteiger charge is -2.27. The summed E-state index contributed by atoms with van der Waals surface area (Å²) in [5.41, 5.74) is 0. The summed E-state index contributed by atoms with van der Waals surface area (Å²) in [4.78, 5) is 0. The highest BCUT2D eigenvalue weighted by Crippen LogP contribution is 2.08. The lowest BCUT2D eigenvalue weighted by atomic mass is 10.2. The van der Waals surface area contributed by atoms with Crippen molar-refractivity contribution in [2.75, 3.05) is 7.05 Å². The Bertz CT molecular complexity index is 121. The SMILES string of the molecule is CCC(C)N(/N=N\C)C(C)C. The molecule has 0 saturated carbocycles. The highest BCUT2D eigenvalue weighted by molar-refractivity contribution is 4.63. The van der Waals surface area contributed by atoms with E-state index in [1.54, 1.807) is 7.05 Å². The minimum absolute atomic E-state index is 0.439. The zero-order valence-corrected chi connectivity index (χ0v) is 8.20. The Morgan fingerprint density at radius 3 is 2.09 bits per heavy atom. The van der Waals surface area contributed by atoms with Crippen LogP contribution in [-0.2, 0) is 0 Å². The van der Waals surface area contributed by atoms with Crippen molar-refractivity contribution in [3.05, 3.63) is 0 Å². The van der Waals surface area contributed by atoms with Gasteiger partial charge in [0, 0.05) is 12.1 Å². The van der Waals surface area contributed by atoms with Crippen molar-refractivity contribution >= 4 is 0 Å². The maximum atomic E-state index is 4.05. The number of nitrogens with zero attached hydrogens (tertiary/aromatic N) is 3. The van der Waals surface area contributed by atoms with Crippen molar-refractivity contribution in [2.24, 2.45) is 10.3 Å². The first-order valence-electron chi connectivity index (χ1n) is 4.21. The molecule has 0 amide bonds. The molecule has 0 radical (unpaired) electrons. The Morgan fingerprint density at radius 2 is 1.82 bits per heavy atom. The minimum atomic E-state index is 0.439. The van der Waals surface area contributed by atoms with Crippen LogP contribution in [0.25, 0.3) is 0 Å². The highest BCUT2D eigenvalue weighted by atomic mass is 15.6. The summed E-state index contributed by atoms with van der Waals surface area (Å²) in [7, 11) is 1.71. The van der Waals surface area contributed by atoms with Crippen LogP contribution < -0.4 is 0 Å². The molecule has 0 aromatic carbocycles. The van der Waals surface area contributed by atoms with E-state index >= 15 is 0 Å². The molecule has 3 heteroatoms. The zero-order valence-electron chi connectivity index (χ0n) is 8.20. The van der Waals surface area contributed by atoms with Crippen molar-refractivity contribution in [1.29, 1.82) is 0 Å². The van der Waals surface area contributed by atoms with Crippen LogP contribution in [-0.4, -0.2) is 24.1 Å². The van der Waals surface area contributed by atoms with Crippen LogP contribution in [0, 0.1) is 0 Å². The monoisotopic (exact) mass is 157 g/mol. The largest absolute Gasteiger partial charge is 0.274 e. The van der Waals surface area contributed by atoms with Crippen LogP contribution >= 0.6 is 0 Å². The molecule has 1 atom stereocenters. The molecular weight excluding hydrogens is 138 g/mol. The molecule has 66 valence electrons. The van der Waals surface area contributed by atoms with Gasteiger partial charge in [0.2, 0.25) is 0 Å². The predicted octanol–water partition coefficient (Wildman–Crippen LogP) is 2.49. The van der Waals surface area contributed by atoms with Gasteiger partial charge in [0.1, 0.15) is 0 Å². The van der Waals surface area contributed by atoms with E-state index in [-0.39, 0.29) is 0 Å². The zero-order chi connectivity index (χ0) is 8.85. The van der Waals surface area contributed by atoms with Crippen molar-refractivity contribution in [2.45, 2.75) is 46.2 Å². The quantitative estimate of drug-likeness (QED) is 0.455. The van der Waals surface area contributed by atoms with E-state index in [0.29, 0.717) is 12.1 Å². The molecule has 0 saturated heterocycles. The topological polar surface area (TPSA) is 28.0 Å². The van der Waals surface area contributed by atoms with Gasteiger partial charge in [0.25, 0.3) is 0 Å². The van der Waals surface area contributed by atoms with E-state index in [0.717, 1.165) is 6.42 Å². The minimum Gasteiger partial charge on any atom is -0.274 e. The predicted molar refractivity (Wildman–Crippen MR) is 47.5 cm³/mol. The third-order valence-corrected chi connectivity index (χ3v) is 1.76. The highest BCUT2D eigenvalue weighted by Gasteiger charge is 2.12. The van der Waals surface area contributed by atoms with E-state index in [2.05, 4.69) is 38.0 Å². The molecule has 0 heterocycles. The first-order valence-corrected chi connectivity index (χ1v) is 4.21. The third-order valence-electron chi connectivity index (χ3n) is 1.76. The van der Waals surface area contributed by atoms with Crippen LogP contribution in [0.4, 0.5) is 0 Å². The van der Waals surface area contributed by atoms with Gasteiger partial charge in [0.05, 0.1) is 7.05 Å². The third kappa shape index (κ3) is 3.35. The van der Waals surface area contributed by atoms with E-state index in [4.69, 9.17) is 0 Å². The summed E-state index contributed by atoms with van der Waals surface area (Å²) < 4.78 is 0. The Morgan fingerprint density at radius 1 is 1.27 bits per heavy atom. The second-order valence-electron chi connectivity index (χ2n) is 3.02. The van der Waals surface area contributed by atoms with E-state index in [1.165, 1.54) is 0 Å². The fourth-order valence-electron chi connectivity index (χ4n) is 0.991. The summed E-state index contributed by atoms with van der Waals surface area (Å²) in [6.07, 6.45) is 1.11. The van der Waals surface area contributed by atoms with E-state index in [9.17, 15) is 0 Å². The maximum Gasteiger partial charge on any atom is 0.0509 e. The Labute approximate surface area is 69.5 Å². The smallest absolute Gasteiger partial charge is 0.0509 e. The summed E-state index contributed by atoms with van der Waals surface area (Å²) >= 11 is 0.